The maximum absolute atomic E-state index is 13.4. The second-order valence-corrected chi connectivity index (χ2v) is 22.8. The fourth-order valence-electron chi connectivity index (χ4n) is 9.95. The van der Waals surface area contributed by atoms with Crippen LogP contribution < -0.4 is 5.32 Å². The third-order valence-corrected chi connectivity index (χ3v) is 15.2. The summed E-state index contributed by atoms with van der Waals surface area (Å²) < 4.78 is 17.6. The number of aliphatic hydroxyl groups is 5. The summed E-state index contributed by atoms with van der Waals surface area (Å²) in [6.45, 7) is 5.66. The molecule has 0 aromatic rings. The standard InChI is InChI=1S/C71H123NO10/c1-4-7-10-13-16-19-22-25-27-29-31-33-35-37-39-41-44-47-50-53-56-59-66(76)82-69-68(78)67(77)65(60-73)81-71(69)80-61-62(63(74)57-54-51-48-45-42-24-21-18-15-12-9-6-3)72-70(79)64(75)58-55-52-49-46-43-40-38-36-34-32-30-28-26-23-20-17-14-11-8-5-2/h8,11,17,20,25-28,32,34,38,40,46,49,54,57,62-65,67-69,71,73-75,77-78H,4-7,9-10,12-16,18-19,21-24,29-31,33,35-37,39,41-45,47-48,50-53,55-56,58-61H2,1-3H3,(H,72,79)/b11-8-,20-17-,27-25+,28-26-,34-32-,40-38-,49-46-,57-54+. The Balaban J connectivity index is 2.66. The van der Waals surface area contributed by atoms with Crippen LogP contribution in [0.15, 0.2) is 97.2 Å². The van der Waals surface area contributed by atoms with E-state index in [4.69, 9.17) is 14.2 Å². The SMILES string of the molecule is CC/C=C\C/C=C\C/C=C\C/C=C\C/C=C\C/C=C\CCCC(O)C(=O)NC(COC1OC(CO)C(O)C(O)C1OC(=O)CCCCCCCCCCCCC/C=C/CCCCCCCC)C(O)/C=C/CCCCCCCCCCCC. The van der Waals surface area contributed by atoms with Gasteiger partial charge in [-0.15, -0.1) is 0 Å². The highest BCUT2D eigenvalue weighted by Crippen LogP contribution is 2.26. The maximum atomic E-state index is 13.4. The Kier molecular flexibility index (Phi) is 54.2. The molecule has 1 aliphatic heterocycles. The first-order valence-corrected chi connectivity index (χ1v) is 33.5. The van der Waals surface area contributed by atoms with Crippen LogP contribution in [0.4, 0.5) is 0 Å². The molecule has 0 aliphatic carbocycles. The van der Waals surface area contributed by atoms with Crippen LogP contribution in [0, 0.1) is 0 Å². The Hall–Kier alpha value is -3.42. The molecular formula is C71H123NO10. The summed E-state index contributed by atoms with van der Waals surface area (Å²) in [5.41, 5.74) is 0. The number of carbonyl (C=O) groups is 2. The summed E-state index contributed by atoms with van der Waals surface area (Å²) in [7, 11) is 0. The second kappa shape index (κ2) is 58.0. The van der Waals surface area contributed by atoms with Crippen LogP contribution in [0.25, 0.3) is 0 Å². The largest absolute Gasteiger partial charge is 0.454 e. The number of allylic oxidation sites excluding steroid dienone is 15. The molecule has 0 radical (unpaired) electrons. The van der Waals surface area contributed by atoms with Gasteiger partial charge in [0, 0.05) is 6.42 Å². The number of esters is 1. The predicted molar refractivity (Wildman–Crippen MR) is 342 cm³/mol. The van der Waals surface area contributed by atoms with Crippen LogP contribution in [-0.4, -0.2) is 99.6 Å². The van der Waals surface area contributed by atoms with E-state index in [9.17, 15) is 35.1 Å². The third kappa shape index (κ3) is 45.0. The highest BCUT2D eigenvalue weighted by molar-refractivity contribution is 5.80. The average Bonchev–Trinajstić information content (AvgIpc) is 3.66. The van der Waals surface area contributed by atoms with E-state index < -0.39 is 67.4 Å². The van der Waals surface area contributed by atoms with Crippen LogP contribution in [0.5, 0.6) is 0 Å². The summed E-state index contributed by atoms with van der Waals surface area (Å²) in [5.74, 6) is -1.24. The second-order valence-electron chi connectivity index (χ2n) is 22.8. The monoisotopic (exact) mass is 1150 g/mol. The van der Waals surface area contributed by atoms with E-state index in [2.05, 4.69) is 105 Å². The van der Waals surface area contributed by atoms with Gasteiger partial charge in [-0.2, -0.15) is 0 Å². The van der Waals surface area contributed by atoms with E-state index in [1.807, 2.05) is 12.2 Å². The summed E-state index contributed by atoms with van der Waals surface area (Å²) in [4.78, 5) is 26.6. The van der Waals surface area contributed by atoms with Gasteiger partial charge < -0.3 is 45.1 Å². The minimum absolute atomic E-state index is 0.114. The lowest BCUT2D eigenvalue weighted by Crippen LogP contribution is -2.61. The maximum Gasteiger partial charge on any atom is 0.306 e. The van der Waals surface area contributed by atoms with Crippen molar-refractivity contribution in [3.63, 3.8) is 0 Å². The topological polar surface area (TPSA) is 175 Å². The van der Waals surface area contributed by atoms with Crippen molar-refractivity contribution in [1.29, 1.82) is 0 Å². The molecule has 11 heteroatoms. The fraction of sp³-hybridized carbons (Fsp3) is 0.746. The van der Waals surface area contributed by atoms with Gasteiger partial charge in [0.2, 0.25) is 5.91 Å². The predicted octanol–water partition coefficient (Wildman–Crippen LogP) is 16.7. The number of ether oxygens (including phenoxy) is 3. The Morgan fingerprint density at radius 1 is 0.488 bits per heavy atom. The lowest BCUT2D eigenvalue weighted by Gasteiger charge is -2.41. The smallest absolute Gasteiger partial charge is 0.306 e. The van der Waals surface area contributed by atoms with Crippen LogP contribution >= 0.6 is 0 Å². The Morgan fingerprint density at radius 2 is 0.878 bits per heavy atom. The van der Waals surface area contributed by atoms with Gasteiger partial charge >= 0.3 is 5.97 Å². The Bertz CT molecular complexity index is 1700. The van der Waals surface area contributed by atoms with E-state index in [0.29, 0.717) is 19.3 Å². The summed E-state index contributed by atoms with van der Waals surface area (Å²) in [6, 6.07) is -1.05. The molecule has 0 spiro atoms. The first kappa shape index (κ1) is 76.6. The normalized spacial score (nSPS) is 19.2. The first-order chi connectivity index (χ1) is 40.2. The number of nitrogens with one attached hydrogen (secondary N) is 1. The van der Waals surface area contributed by atoms with Crippen LogP contribution in [0.1, 0.15) is 278 Å². The number of rotatable bonds is 56. The molecular weight excluding hydrogens is 1030 g/mol. The fourth-order valence-corrected chi connectivity index (χ4v) is 9.95. The molecule has 1 aliphatic rings. The summed E-state index contributed by atoms with van der Waals surface area (Å²) >= 11 is 0. The van der Waals surface area contributed by atoms with Gasteiger partial charge in [-0.3, -0.25) is 9.59 Å². The van der Waals surface area contributed by atoms with Gasteiger partial charge in [-0.05, 0) is 103 Å². The lowest BCUT2D eigenvalue weighted by atomic mass is 9.99. The summed E-state index contributed by atoms with van der Waals surface area (Å²) in [5, 5.41) is 57.1. The highest BCUT2D eigenvalue weighted by atomic mass is 16.7. The average molecular weight is 1150 g/mol. The van der Waals surface area contributed by atoms with Crippen molar-refractivity contribution in [2.75, 3.05) is 13.2 Å². The number of hydrogen-bond acceptors (Lipinski definition) is 10. The minimum atomic E-state index is -1.63. The molecule has 82 heavy (non-hydrogen) atoms. The van der Waals surface area contributed by atoms with Crippen molar-refractivity contribution >= 4 is 11.9 Å². The zero-order valence-corrected chi connectivity index (χ0v) is 52.3. The van der Waals surface area contributed by atoms with Crippen molar-refractivity contribution in [2.24, 2.45) is 0 Å². The molecule has 8 atom stereocenters. The molecule has 0 bridgehead atoms. The molecule has 0 saturated carbocycles. The van der Waals surface area contributed by atoms with E-state index in [1.165, 1.54) is 141 Å². The van der Waals surface area contributed by atoms with Crippen molar-refractivity contribution in [1.82, 2.24) is 5.32 Å². The molecule has 11 nitrogen and oxygen atoms in total. The molecule has 0 aromatic carbocycles. The van der Waals surface area contributed by atoms with E-state index in [0.717, 1.165) is 83.5 Å². The van der Waals surface area contributed by atoms with Crippen LogP contribution in [0.2, 0.25) is 0 Å². The van der Waals surface area contributed by atoms with Crippen molar-refractivity contribution in [2.45, 2.75) is 327 Å². The molecule has 1 amide bonds. The first-order valence-electron chi connectivity index (χ1n) is 33.5. The molecule has 1 saturated heterocycles. The molecule has 472 valence electrons. The van der Waals surface area contributed by atoms with Gasteiger partial charge in [0.15, 0.2) is 12.4 Å². The number of hydrogen-bond donors (Lipinski definition) is 6. The quantitative estimate of drug-likeness (QED) is 0.0195. The van der Waals surface area contributed by atoms with E-state index in [-0.39, 0.29) is 19.4 Å². The zero-order chi connectivity index (χ0) is 59.6. The van der Waals surface area contributed by atoms with Crippen LogP contribution in [0.3, 0.4) is 0 Å². The van der Waals surface area contributed by atoms with Gasteiger partial charge in [0.25, 0.3) is 0 Å². The van der Waals surface area contributed by atoms with Crippen molar-refractivity contribution in [3.05, 3.63) is 97.2 Å². The van der Waals surface area contributed by atoms with Gasteiger partial charge in [-0.25, -0.2) is 0 Å². The third-order valence-electron chi connectivity index (χ3n) is 15.2. The Labute approximate surface area is 501 Å². The lowest BCUT2D eigenvalue weighted by molar-refractivity contribution is -0.305. The molecule has 1 fully saturated rings. The van der Waals surface area contributed by atoms with Crippen LogP contribution in [-0.2, 0) is 23.8 Å². The number of unbranched alkanes of at least 4 members (excludes halogenated alkanes) is 28. The highest BCUT2D eigenvalue weighted by Gasteiger charge is 2.47. The molecule has 0 aromatic heterocycles. The number of amides is 1. The van der Waals surface area contributed by atoms with Crippen molar-refractivity contribution in [3.8, 4) is 0 Å². The van der Waals surface area contributed by atoms with E-state index >= 15 is 0 Å². The molecule has 8 unspecified atom stereocenters. The zero-order valence-electron chi connectivity index (χ0n) is 52.3. The summed E-state index contributed by atoms with van der Waals surface area (Å²) in [6.07, 6.45) is 67.3. The number of aliphatic hydroxyl groups excluding tert-OH is 5. The minimum Gasteiger partial charge on any atom is -0.454 e. The molecule has 1 rings (SSSR count). The molecule has 6 N–H and O–H groups in total. The van der Waals surface area contributed by atoms with Gasteiger partial charge in [0.05, 0.1) is 25.4 Å². The molecule has 1 heterocycles. The van der Waals surface area contributed by atoms with E-state index in [1.54, 1.807) is 6.08 Å². The Morgan fingerprint density at radius 3 is 1.33 bits per heavy atom. The van der Waals surface area contributed by atoms with Gasteiger partial charge in [0.1, 0.15) is 24.4 Å². The van der Waals surface area contributed by atoms with Gasteiger partial charge in [-0.1, -0.05) is 266 Å². The number of carbonyl (C=O) groups excluding carboxylic acids is 2. The van der Waals surface area contributed by atoms with Crippen molar-refractivity contribution < 1.29 is 49.3 Å².